The zero-order valence-corrected chi connectivity index (χ0v) is 13.5. The first-order valence-corrected chi connectivity index (χ1v) is 8.44. The number of benzene rings is 1. The third-order valence-electron chi connectivity index (χ3n) is 5.63. The minimum Gasteiger partial charge on any atom is -0.497 e. The molecule has 2 N–H and O–H groups in total. The monoisotopic (exact) mass is 313 g/mol. The van der Waals surface area contributed by atoms with E-state index in [-0.39, 0.29) is 11.0 Å². The molecule has 5 nitrogen and oxygen atoms in total. The van der Waals surface area contributed by atoms with Crippen LogP contribution in [0.25, 0.3) is 0 Å². The van der Waals surface area contributed by atoms with Gasteiger partial charge in [-0.2, -0.15) is 4.98 Å². The highest BCUT2D eigenvalue weighted by atomic mass is 16.5. The Bertz CT molecular complexity index is 683. The van der Waals surface area contributed by atoms with Crippen LogP contribution >= 0.6 is 0 Å². The van der Waals surface area contributed by atoms with E-state index < -0.39 is 0 Å². The molecule has 2 aliphatic rings. The van der Waals surface area contributed by atoms with Crippen LogP contribution in [-0.2, 0) is 11.0 Å². The van der Waals surface area contributed by atoms with Gasteiger partial charge in [0.2, 0.25) is 5.89 Å². The Labute approximate surface area is 136 Å². The summed E-state index contributed by atoms with van der Waals surface area (Å²) >= 11 is 0. The summed E-state index contributed by atoms with van der Waals surface area (Å²) in [6, 6.07) is 8.25. The van der Waals surface area contributed by atoms with E-state index in [0.29, 0.717) is 5.82 Å². The molecule has 0 unspecified atom stereocenters. The average Bonchev–Trinajstić information content (AvgIpc) is 3.22. The Kier molecular flexibility index (Phi) is 3.41. The number of hydrogen-bond acceptors (Lipinski definition) is 5. The number of nitrogens with two attached hydrogens (primary N) is 1. The fraction of sp³-hybridized carbons (Fsp3) is 0.556. The van der Waals surface area contributed by atoms with Gasteiger partial charge >= 0.3 is 0 Å². The molecule has 0 atom stereocenters. The van der Waals surface area contributed by atoms with Gasteiger partial charge in [-0.1, -0.05) is 30.1 Å². The second-order valence-corrected chi connectivity index (χ2v) is 6.95. The Morgan fingerprint density at radius 3 is 2.30 bits per heavy atom. The molecule has 1 aromatic carbocycles. The van der Waals surface area contributed by atoms with Gasteiger partial charge in [0, 0.05) is 0 Å². The van der Waals surface area contributed by atoms with Crippen molar-refractivity contribution in [2.45, 2.75) is 55.9 Å². The standard InChI is InChI=1S/C18H23N3O2/c1-22-14-7-5-13(6-8-14)17(9-2-3-10-17)16-20-15(21-23-16)18(19)11-4-12-18/h5-8H,2-4,9-12,19H2,1H3. The van der Waals surface area contributed by atoms with Crippen LogP contribution in [0.5, 0.6) is 5.75 Å². The highest BCUT2D eigenvalue weighted by Gasteiger charge is 2.45. The number of rotatable bonds is 4. The highest BCUT2D eigenvalue weighted by molar-refractivity contribution is 5.37. The van der Waals surface area contributed by atoms with Crippen LogP contribution < -0.4 is 10.5 Å². The molecule has 2 aromatic rings. The molecule has 2 aliphatic carbocycles. The quantitative estimate of drug-likeness (QED) is 0.937. The molecule has 122 valence electrons. The van der Waals surface area contributed by atoms with Crippen LogP contribution in [0.1, 0.15) is 62.2 Å². The summed E-state index contributed by atoms with van der Waals surface area (Å²) in [7, 11) is 1.68. The lowest BCUT2D eigenvalue weighted by molar-refractivity contribution is 0.227. The Balaban J connectivity index is 1.72. The van der Waals surface area contributed by atoms with Crippen LogP contribution in [0.15, 0.2) is 28.8 Å². The van der Waals surface area contributed by atoms with Gasteiger partial charge in [0.15, 0.2) is 5.82 Å². The number of aromatic nitrogens is 2. The van der Waals surface area contributed by atoms with Crippen molar-refractivity contribution in [1.29, 1.82) is 0 Å². The highest BCUT2D eigenvalue weighted by Crippen LogP contribution is 2.47. The van der Waals surface area contributed by atoms with E-state index >= 15 is 0 Å². The van der Waals surface area contributed by atoms with Gasteiger partial charge in [-0.25, -0.2) is 0 Å². The molecular weight excluding hydrogens is 290 g/mol. The normalized spacial score (nSPS) is 21.8. The maximum absolute atomic E-state index is 6.35. The zero-order chi connectivity index (χ0) is 15.9. The van der Waals surface area contributed by atoms with Gasteiger partial charge in [-0.15, -0.1) is 0 Å². The molecule has 0 radical (unpaired) electrons. The van der Waals surface area contributed by atoms with E-state index in [1.807, 2.05) is 12.1 Å². The predicted octanol–water partition coefficient (Wildman–Crippen LogP) is 3.28. The number of ether oxygens (including phenoxy) is 1. The van der Waals surface area contributed by atoms with E-state index in [9.17, 15) is 0 Å². The molecule has 0 bridgehead atoms. The first-order chi connectivity index (χ1) is 11.2. The van der Waals surface area contributed by atoms with Gasteiger partial charge in [-0.3, -0.25) is 0 Å². The largest absolute Gasteiger partial charge is 0.497 e. The van der Waals surface area contributed by atoms with Crippen molar-refractivity contribution in [3.05, 3.63) is 41.5 Å². The topological polar surface area (TPSA) is 74.2 Å². The van der Waals surface area contributed by atoms with Gasteiger partial charge in [0.1, 0.15) is 5.75 Å². The van der Waals surface area contributed by atoms with Crippen LogP contribution in [0.3, 0.4) is 0 Å². The van der Waals surface area contributed by atoms with Gasteiger partial charge in [0.05, 0.1) is 18.1 Å². The molecule has 2 saturated carbocycles. The molecule has 5 heteroatoms. The summed E-state index contributed by atoms with van der Waals surface area (Å²) in [6.45, 7) is 0. The molecule has 0 saturated heterocycles. The fourth-order valence-corrected chi connectivity index (χ4v) is 3.92. The minimum atomic E-state index is -0.374. The van der Waals surface area contributed by atoms with Crippen LogP contribution in [0.4, 0.5) is 0 Å². The molecule has 0 spiro atoms. The van der Waals surface area contributed by atoms with Crippen molar-refractivity contribution < 1.29 is 9.26 Å². The zero-order valence-electron chi connectivity index (χ0n) is 13.5. The minimum absolute atomic E-state index is 0.169. The van der Waals surface area contributed by atoms with Crippen molar-refractivity contribution in [2.75, 3.05) is 7.11 Å². The van der Waals surface area contributed by atoms with Gasteiger partial charge in [0.25, 0.3) is 0 Å². The lowest BCUT2D eigenvalue weighted by Gasteiger charge is -2.34. The molecular formula is C18H23N3O2. The SMILES string of the molecule is COc1ccc(C2(c3nc(C4(N)CCC4)no3)CCCC2)cc1. The predicted molar refractivity (Wildman–Crippen MR) is 86.3 cm³/mol. The van der Waals surface area contributed by atoms with Gasteiger partial charge in [-0.05, 0) is 49.8 Å². The Hall–Kier alpha value is -1.88. The van der Waals surface area contributed by atoms with Crippen molar-refractivity contribution >= 4 is 0 Å². The average molecular weight is 313 g/mol. The first kappa shape index (κ1) is 14.7. The van der Waals surface area contributed by atoms with Crippen LogP contribution in [0, 0.1) is 0 Å². The van der Waals surface area contributed by atoms with Crippen molar-refractivity contribution in [2.24, 2.45) is 5.73 Å². The summed E-state index contributed by atoms with van der Waals surface area (Å²) < 4.78 is 11.0. The van der Waals surface area contributed by atoms with E-state index in [1.165, 1.54) is 18.4 Å². The summed E-state index contributed by atoms with van der Waals surface area (Å²) in [5.41, 5.74) is 7.04. The summed E-state index contributed by atoms with van der Waals surface area (Å²) in [5, 5.41) is 4.22. The molecule has 23 heavy (non-hydrogen) atoms. The first-order valence-electron chi connectivity index (χ1n) is 8.44. The Morgan fingerprint density at radius 1 is 1.04 bits per heavy atom. The third kappa shape index (κ3) is 2.26. The lowest BCUT2D eigenvalue weighted by atomic mass is 9.76. The van der Waals surface area contributed by atoms with Gasteiger partial charge < -0.3 is 15.0 Å². The van der Waals surface area contributed by atoms with E-state index in [2.05, 4.69) is 17.3 Å². The summed E-state index contributed by atoms with van der Waals surface area (Å²) in [5.74, 6) is 2.27. The van der Waals surface area contributed by atoms with E-state index in [4.69, 9.17) is 20.0 Å². The molecule has 1 aromatic heterocycles. The van der Waals surface area contributed by atoms with E-state index in [0.717, 1.165) is 43.7 Å². The second-order valence-electron chi connectivity index (χ2n) is 6.95. The number of nitrogens with zero attached hydrogens (tertiary/aromatic N) is 2. The van der Waals surface area contributed by atoms with Crippen molar-refractivity contribution in [3.63, 3.8) is 0 Å². The van der Waals surface area contributed by atoms with E-state index in [1.54, 1.807) is 7.11 Å². The maximum Gasteiger partial charge on any atom is 0.237 e. The molecule has 1 heterocycles. The summed E-state index contributed by atoms with van der Waals surface area (Å²) in [4.78, 5) is 4.74. The van der Waals surface area contributed by atoms with Crippen molar-refractivity contribution in [1.82, 2.24) is 10.1 Å². The number of methoxy groups -OCH3 is 1. The second kappa shape index (κ2) is 5.34. The Morgan fingerprint density at radius 2 is 1.74 bits per heavy atom. The molecule has 2 fully saturated rings. The molecule has 0 amide bonds. The molecule has 0 aliphatic heterocycles. The van der Waals surface area contributed by atoms with Crippen LogP contribution in [-0.4, -0.2) is 17.3 Å². The van der Waals surface area contributed by atoms with Crippen LogP contribution in [0.2, 0.25) is 0 Å². The fourth-order valence-electron chi connectivity index (χ4n) is 3.92. The smallest absolute Gasteiger partial charge is 0.237 e. The summed E-state index contributed by atoms with van der Waals surface area (Å²) in [6.07, 6.45) is 7.47. The molecule has 4 rings (SSSR count). The van der Waals surface area contributed by atoms with Crippen molar-refractivity contribution in [3.8, 4) is 5.75 Å². The maximum atomic E-state index is 6.35. The number of hydrogen-bond donors (Lipinski definition) is 1. The third-order valence-corrected chi connectivity index (χ3v) is 5.63. The lowest BCUT2D eigenvalue weighted by Crippen LogP contribution is -2.44.